The molecule has 0 bridgehead atoms. The highest BCUT2D eigenvalue weighted by Gasteiger charge is 2.33. The Morgan fingerprint density at radius 2 is 2.00 bits per heavy atom. The van der Waals surface area contributed by atoms with E-state index in [-0.39, 0.29) is 5.52 Å². The SMILES string of the molecule is NCCSc1cc(C(F)(F)F)nc2c(F)cccc12. The lowest BCUT2D eigenvalue weighted by molar-refractivity contribution is -0.141. The molecule has 0 aliphatic carbocycles. The fraction of sp³-hybridized carbons (Fsp3) is 0.250. The van der Waals surface area contributed by atoms with E-state index in [4.69, 9.17) is 5.73 Å². The predicted molar refractivity (Wildman–Crippen MR) is 66.5 cm³/mol. The molecule has 0 aliphatic rings. The Labute approximate surface area is 111 Å². The molecule has 2 aromatic rings. The number of nitrogens with two attached hydrogens (primary N) is 1. The zero-order valence-electron chi connectivity index (χ0n) is 9.67. The van der Waals surface area contributed by atoms with Crippen LogP contribution in [0.25, 0.3) is 10.9 Å². The van der Waals surface area contributed by atoms with Gasteiger partial charge in [0, 0.05) is 22.6 Å². The van der Waals surface area contributed by atoms with Crippen LogP contribution in [0.2, 0.25) is 0 Å². The summed E-state index contributed by atoms with van der Waals surface area (Å²) in [5.74, 6) is -0.314. The standard InChI is InChI=1S/C12H10F4N2S/c13-8-3-1-2-7-9(19-5-4-17)6-10(12(14,15)16)18-11(7)8/h1-3,6H,4-5,17H2. The molecule has 1 aromatic heterocycles. The van der Waals surface area contributed by atoms with Gasteiger partial charge in [0.25, 0.3) is 0 Å². The number of pyridine rings is 1. The maximum absolute atomic E-state index is 13.6. The summed E-state index contributed by atoms with van der Waals surface area (Å²) in [7, 11) is 0. The van der Waals surface area contributed by atoms with Crippen molar-refractivity contribution in [2.75, 3.05) is 12.3 Å². The van der Waals surface area contributed by atoms with E-state index in [0.29, 0.717) is 22.6 Å². The third-order valence-corrected chi connectivity index (χ3v) is 3.51. The average Bonchev–Trinajstić information content (AvgIpc) is 2.35. The molecular weight excluding hydrogens is 280 g/mol. The Morgan fingerprint density at radius 1 is 1.26 bits per heavy atom. The first kappa shape index (κ1) is 14.1. The highest BCUT2D eigenvalue weighted by atomic mass is 32.2. The monoisotopic (exact) mass is 290 g/mol. The Morgan fingerprint density at radius 3 is 2.63 bits per heavy atom. The molecule has 2 nitrogen and oxygen atoms in total. The number of hydrogen-bond acceptors (Lipinski definition) is 3. The van der Waals surface area contributed by atoms with Crippen molar-refractivity contribution in [2.24, 2.45) is 5.73 Å². The summed E-state index contributed by atoms with van der Waals surface area (Å²) in [6.45, 7) is 0.325. The van der Waals surface area contributed by atoms with Crippen LogP contribution in [0.1, 0.15) is 5.69 Å². The van der Waals surface area contributed by atoms with Gasteiger partial charge in [-0.05, 0) is 12.1 Å². The minimum Gasteiger partial charge on any atom is -0.330 e. The summed E-state index contributed by atoms with van der Waals surface area (Å²) in [6, 6.07) is 5.01. The quantitative estimate of drug-likeness (QED) is 0.695. The lowest BCUT2D eigenvalue weighted by atomic mass is 10.2. The molecule has 1 heterocycles. The van der Waals surface area contributed by atoms with E-state index in [1.54, 1.807) is 6.07 Å². The average molecular weight is 290 g/mol. The van der Waals surface area contributed by atoms with E-state index in [9.17, 15) is 17.6 Å². The van der Waals surface area contributed by atoms with Gasteiger partial charge in [-0.2, -0.15) is 13.2 Å². The Bertz CT molecular complexity index is 598. The van der Waals surface area contributed by atoms with E-state index in [2.05, 4.69) is 4.98 Å². The van der Waals surface area contributed by atoms with Gasteiger partial charge in [0.1, 0.15) is 17.0 Å². The van der Waals surface area contributed by atoms with Crippen LogP contribution in [0.15, 0.2) is 29.2 Å². The highest BCUT2D eigenvalue weighted by Crippen LogP contribution is 2.35. The van der Waals surface area contributed by atoms with Crippen molar-refractivity contribution in [3.05, 3.63) is 35.8 Å². The summed E-state index contributed by atoms with van der Waals surface area (Å²) in [5.41, 5.74) is 3.98. The van der Waals surface area contributed by atoms with Crippen LogP contribution in [0.4, 0.5) is 17.6 Å². The van der Waals surface area contributed by atoms with Crippen LogP contribution in [0.5, 0.6) is 0 Å². The number of hydrogen-bond donors (Lipinski definition) is 1. The molecule has 0 spiro atoms. The molecule has 0 fully saturated rings. The van der Waals surface area contributed by atoms with Crippen molar-refractivity contribution < 1.29 is 17.6 Å². The molecule has 19 heavy (non-hydrogen) atoms. The van der Waals surface area contributed by atoms with Gasteiger partial charge < -0.3 is 5.73 Å². The van der Waals surface area contributed by atoms with Gasteiger partial charge in [0.2, 0.25) is 0 Å². The molecule has 2 N–H and O–H groups in total. The summed E-state index contributed by atoms with van der Waals surface area (Å²) in [5, 5.41) is 0.367. The summed E-state index contributed by atoms with van der Waals surface area (Å²) < 4.78 is 51.8. The summed E-state index contributed by atoms with van der Waals surface area (Å²) in [6.07, 6.45) is -4.60. The third kappa shape index (κ3) is 2.98. The number of rotatable bonds is 3. The van der Waals surface area contributed by atoms with Crippen LogP contribution in [-0.2, 0) is 6.18 Å². The fourth-order valence-corrected chi connectivity index (χ4v) is 2.47. The number of alkyl halides is 3. The van der Waals surface area contributed by atoms with Crippen molar-refractivity contribution in [2.45, 2.75) is 11.1 Å². The molecule has 0 saturated carbocycles. The van der Waals surface area contributed by atoms with Crippen LogP contribution in [-0.4, -0.2) is 17.3 Å². The maximum Gasteiger partial charge on any atom is 0.433 e. The maximum atomic E-state index is 13.6. The van der Waals surface area contributed by atoms with Crippen molar-refractivity contribution in [1.29, 1.82) is 0 Å². The van der Waals surface area contributed by atoms with E-state index >= 15 is 0 Å². The molecule has 0 unspecified atom stereocenters. The number of fused-ring (bicyclic) bond motifs is 1. The molecule has 0 aliphatic heterocycles. The first-order valence-corrected chi connectivity index (χ1v) is 6.41. The normalized spacial score (nSPS) is 12.1. The minimum atomic E-state index is -4.60. The van der Waals surface area contributed by atoms with Gasteiger partial charge in [-0.25, -0.2) is 9.37 Å². The van der Waals surface area contributed by atoms with E-state index < -0.39 is 17.7 Å². The molecule has 2 rings (SSSR count). The smallest absolute Gasteiger partial charge is 0.330 e. The van der Waals surface area contributed by atoms with Crippen molar-refractivity contribution in [3.8, 4) is 0 Å². The van der Waals surface area contributed by atoms with Crippen molar-refractivity contribution >= 4 is 22.7 Å². The van der Waals surface area contributed by atoms with Crippen molar-refractivity contribution in [3.63, 3.8) is 0 Å². The molecular formula is C12H10F4N2S. The molecule has 0 atom stereocenters. The molecule has 0 radical (unpaired) electrons. The van der Waals surface area contributed by atoms with Crippen LogP contribution < -0.4 is 5.73 Å². The van der Waals surface area contributed by atoms with E-state index in [1.165, 1.54) is 6.07 Å². The Hall–Kier alpha value is -1.34. The zero-order chi connectivity index (χ0) is 14.0. The Kier molecular flexibility index (Phi) is 3.96. The second-order valence-corrected chi connectivity index (χ2v) is 4.91. The van der Waals surface area contributed by atoms with E-state index in [0.717, 1.165) is 23.9 Å². The van der Waals surface area contributed by atoms with Gasteiger partial charge in [-0.15, -0.1) is 11.8 Å². The second-order valence-electron chi connectivity index (χ2n) is 3.78. The highest BCUT2D eigenvalue weighted by molar-refractivity contribution is 7.99. The zero-order valence-corrected chi connectivity index (χ0v) is 10.5. The Balaban J connectivity index is 2.66. The van der Waals surface area contributed by atoms with Gasteiger partial charge >= 0.3 is 6.18 Å². The van der Waals surface area contributed by atoms with Gasteiger partial charge in [-0.1, -0.05) is 12.1 Å². The van der Waals surface area contributed by atoms with Crippen LogP contribution in [0.3, 0.4) is 0 Å². The number of halogens is 4. The number of para-hydroxylation sites is 1. The van der Waals surface area contributed by atoms with Gasteiger partial charge in [0.05, 0.1) is 0 Å². The largest absolute Gasteiger partial charge is 0.433 e. The first-order valence-electron chi connectivity index (χ1n) is 5.43. The molecule has 0 amide bonds. The number of thioether (sulfide) groups is 1. The second kappa shape index (κ2) is 5.34. The van der Waals surface area contributed by atoms with Gasteiger partial charge in [-0.3, -0.25) is 0 Å². The molecule has 7 heteroatoms. The predicted octanol–water partition coefficient (Wildman–Crippen LogP) is 3.44. The molecule has 102 valence electrons. The van der Waals surface area contributed by atoms with Gasteiger partial charge in [0.15, 0.2) is 0 Å². The number of nitrogens with zero attached hydrogens (tertiary/aromatic N) is 1. The van der Waals surface area contributed by atoms with Crippen LogP contribution >= 0.6 is 11.8 Å². The molecule has 0 saturated heterocycles. The van der Waals surface area contributed by atoms with Crippen molar-refractivity contribution in [1.82, 2.24) is 4.98 Å². The fourth-order valence-electron chi connectivity index (χ4n) is 1.62. The first-order chi connectivity index (χ1) is 8.93. The summed E-state index contributed by atoms with van der Waals surface area (Å²) >= 11 is 1.16. The lowest BCUT2D eigenvalue weighted by Crippen LogP contribution is -2.09. The minimum absolute atomic E-state index is 0.267. The van der Waals surface area contributed by atoms with Crippen LogP contribution in [0, 0.1) is 5.82 Å². The third-order valence-electron chi connectivity index (χ3n) is 2.42. The summed E-state index contributed by atoms with van der Waals surface area (Å²) in [4.78, 5) is 3.71. The number of benzene rings is 1. The van der Waals surface area contributed by atoms with E-state index in [1.807, 2.05) is 0 Å². The topological polar surface area (TPSA) is 38.9 Å². The number of aromatic nitrogens is 1. The lowest BCUT2D eigenvalue weighted by Gasteiger charge is -2.11. The molecule has 1 aromatic carbocycles.